The first kappa shape index (κ1) is 11.3. The van der Waals surface area contributed by atoms with Crippen LogP contribution in [0.2, 0.25) is 0 Å². The molecule has 0 radical (unpaired) electrons. The maximum atomic E-state index is 2.43. The quantitative estimate of drug-likeness (QED) is 0.588. The van der Waals surface area contributed by atoms with Crippen molar-refractivity contribution in [1.29, 1.82) is 0 Å². The van der Waals surface area contributed by atoms with Crippen LogP contribution in [0.4, 0.5) is 0 Å². The fourth-order valence-corrected chi connectivity index (χ4v) is 3.45. The standard InChI is InChI=1S/C11H21P2/c1-12(2,3)10-7-8-11(9-10)13(4,5)6/h7-9H,1-6H3/q+1. The third kappa shape index (κ3) is 2.83. The van der Waals surface area contributed by atoms with Gasteiger partial charge in [0.2, 0.25) is 0 Å². The molecule has 0 unspecified atom stereocenters. The molecule has 0 N–H and O–H groups in total. The van der Waals surface area contributed by atoms with Crippen molar-refractivity contribution in [2.45, 2.75) is 0 Å². The third-order valence-electron chi connectivity index (χ3n) is 2.27. The molecule has 0 aromatic carbocycles. The normalized spacial score (nSPS) is 18.0. The van der Waals surface area contributed by atoms with Gasteiger partial charge in [-0.3, -0.25) is 0 Å². The van der Waals surface area contributed by atoms with Crippen LogP contribution in [0.5, 0.6) is 0 Å². The molecular formula is C11H21P2+. The van der Waals surface area contributed by atoms with E-state index in [2.05, 4.69) is 58.2 Å². The highest BCUT2D eigenvalue weighted by Gasteiger charge is 2.25. The van der Waals surface area contributed by atoms with Gasteiger partial charge >= 0.3 is 0 Å². The highest BCUT2D eigenvalue weighted by atomic mass is 31.2. The highest BCUT2D eigenvalue weighted by molar-refractivity contribution is 7.78. The largest absolute Gasteiger partial charge is 0.106 e. The SMILES string of the molecule is CP(C)(C)=C1C=CC([P+](C)(C)C)=C1. The van der Waals surface area contributed by atoms with E-state index in [9.17, 15) is 0 Å². The van der Waals surface area contributed by atoms with Crippen molar-refractivity contribution in [3.8, 4) is 0 Å². The average molecular weight is 215 g/mol. The molecule has 0 saturated heterocycles. The highest BCUT2D eigenvalue weighted by Crippen LogP contribution is 2.57. The van der Waals surface area contributed by atoms with Gasteiger partial charge in [-0.05, 0) is 37.4 Å². The van der Waals surface area contributed by atoms with Crippen molar-refractivity contribution in [3.05, 3.63) is 23.5 Å². The Kier molecular flexibility index (Phi) is 2.96. The average Bonchev–Trinajstić information content (AvgIpc) is 2.28. The zero-order valence-electron chi connectivity index (χ0n) is 9.63. The fraction of sp³-hybridized carbons (Fsp3) is 0.545. The van der Waals surface area contributed by atoms with Crippen molar-refractivity contribution in [3.63, 3.8) is 0 Å². The van der Waals surface area contributed by atoms with Gasteiger partial charge in [-0.15, -0.1) is 6.89 Å². The van der Waals surface area contributed by atoms with E-state index >= 15 is 0 Å². The van der Waals surface area contributed by atoms with E-state index in [1.54, 1.807) is 10.6 Å². The molecule has 0 amide bonds. The first-order chi connectivity index (χ1) is 5.71. The summed E-state index contributed by atoms with van der Waals surface area (Å²) in [5.41, 5.74) is 0. The Hall–Kier alpha value is 0.210. The molecule has 0 bridgehead atoms. The van der Waals surface area contributed by atoms with Crippen LogP contribution in [0.1, 0.15) is 0 Å². The Morgan fingerprint density at radius 2 is 1.54 bits per heavy atom. The lowest BCUT2D eigenvalue weighted by molar-refractivity contribution is 1.87. The van der Waals surface area contributed by atoms with Crippen molar-refractivity contribution in [2.75, 3.05) is 40.0 Å². The van der Waals surface area contributed by atoms with E-state index in [4.69, 9.17) is 0 Å². The lowest BCUT2D eigenvalue weighted by Gasteiger charge is -2.11. The van der Waals surface area contributed by atoms with Gasteiger partial charge in [-0.2, -0.15) is 0 Å². The molecule has 13 heavy (non-hydrogen) atoms. The predicted molar refractivity (Wildman–Crippen MR) is 71.6 cm³/mol. The monoisotopic (exact) mass is 215 g/mol. The van der Waals surface area contributed by atoms with Gasteiger partial charge in [0, 0.05) is 7.26 Å². The summed E-state index contributed by atoms with van der Waals surface area (Å²) in [6, 6.07) is 0. The molecule has 0 spiro atoms. The Morgan fingerprint density at radius 1 is 1.00 bits per heavy atom. The summed E-state index contributed by atoms with van der Waals surface area (Å²) in [5.74, 6) is 0. The van der Waals surface area contributed by atoms with Crippen molar-refractivity contribution in [2.24, 2.45) is 0 Å². The Labute approximate surface area is 83.4 Å². The first-order valence-electron chi connectivity index (χ1n) is 4.62. The zero-order valence-corrected chi connectivity index (χ0v) is 11.4. The molecule has 1 aliphatic rings. The molecule has 0 aromatic heterocycles. The number of hydrogen-bond donors (Lipinski definition) is 0. The van der Waals surface area contributed by atoms with Crippen LogP contribution in [-0.4, -0.2) is 45.3 Å². The first-order valence-corrected chi connectivity index (χ1v) is 10.9. The summed E-state index contributed by atoms with van der Waals surface area (Å²) >= 11 is 0. The van der Waals surface area contributed by atoms with Crippen LogP contribution >= 0.6 is 14.1 Å². The van der Waals surface area contributed by atoms with E-state index in [1.807, 2.05) is 0 Å². The van der Waals surface area contributed by atoms with E-state index < -0.39 is 14.1 Å². The zero-order chi connectivity index (χ0) is 10.3. The van der Waals surface area contributed by atoms with Crippen LogP contribution in [0, 0.1) is 0 Å². The number of allylic oxidation sites excluding steroid dienone is 4. The van der Waals surface area contributed by atoms with Gasteiger partial charge in [0.05, 0.1) is 25.3 Å². The van der Waals surface area contributed by atoms with Gasteiger partial charge in [-0.25, -0.2) is 0 Å². The second kappa shape index (κ2) is 3.41. The molecule has 2 heteroatoms. The van der Waals surface area contributed by atoms with Crippen LogP contribution in [0.15, 0.2) is 23.5 Å². The van der Waals surface area contributed by atoms with E-state index in [1.165, 1.54) is 0 Å². The minimum absolute atomic E-state index is 0.799. The van der Waals surface area contributed by atoms with E-state index in [0.29, 0.717) is 0 Å². The van der Waals surface area contributed by atoms with Gasteiger partial charge < -0.3 is 0 Å². The Morgan fingerprint density at radius 3 is 1.77 bits per heavy atom. The molecule has 0 aromatic rings. The summed E-state index contributed by atoms with van der Waals surface area (Å²) in [6.07, 6.45) is 7.09. The lowest BCUT2D eigenvalue weighted by Crippen LogP contribution is -1.90. The molecule has 0 aliphatic heterocycles. The minimum Gasteiger partial charge on any atom is -0.106 e. The van der Waals surface area contributed by atoms with E-state index in [-0.39, 0.29) is 0 Å². The summed E-state index contributed by atoms with van der Waals surface area (Å²) in [4.78, 5) is 0. The summed E-state index contributed by atoms with van der Waals surface area (Å²) in [5, 5.41) is 3.16. The second-order valence-electron chi connectivity index (χ2n) is 5.35. The van der Waals surface area contributed by atoms with Gasteiger partial charge in [0.25, 0.3) is 0 Å². The van der Waals surface area contributed by atoms with Crippen LogP contribution < -0.4 is 0 Å². The molecule has 0 nitrogen and oxygen atoms in total. The molecule has 0 fully saturated rings. The van der Waals surface area contributed by atoms with Crippen LogP contribution in [0.25, 0.3) is 0 Å². The van der Waals surface area contributed by atoms with Crippen molar-refractivity contribution < 1.29 is 0 Å². The van der Waals surface area contributed by atoms with Crippen LogP contribution in [-0.2, 0) is 0 Å². The molecule has 1 aliphatic carbocycles. The van der Waals surface area contributed by atoms with Gasteiger partial charge in [-0.1, -0.05) is 6.08 Å². The summed E-state index contributed by atoms with van der Waals surface area (Å²) in [7, 11) is -0.799. The molecule has 1 rings (SSSR count). The summed E-state index contributed by atoms with van der Waals surface area (Å²) in [6.45, 7) is 13.5. The smallest absolute Gasteiger partial charge is 0.0937 e. The molecule has 0 heterocycles. The second-order valence-corrected chi connectivity index (χ2v) is 14.4. The van der Waals surface area contributed by atoms with Gasteiger partial charge in [0.15, 0.2) is 0 Å². The topological polar surface area (TPSA) is 0 Å². The van der Waals surface area contributed by atoms with Gasteiger partial charge in [0.1, 0.15) is 0 Å². The number of rotatable bonds is 1. The Balaban J connectivity index is 3.11. The lowest BCUT2D eigenvalue weighted by atomic mass is 10.5. The molecule has 0 saturated carbocycles. The van der Waals surface area contributed by atoms with Crippen LogP contribution in [0.3, 0.4) is 0 Å². The molecule has 0 atom stereocenters. The van der Waals surface area contributed by atoms with Crippen molar-refractivity contribution in [1.82, 2.24) is 0 Å². The maximum Gasteiger partial charge on any atom is 0.0937 e. The van der Waals surface area contributed by atoms with E-state index in [0.717, 1.165) is 0 Å². The minimum atomic E-state index is -0.799. The fourth-order valence-electron chi connectivity index (χ4n) is 1.25. The molecular weight excluding hydrogens is 194 g/mol. The predicted octanol–water partition coefficient (Wildman–Crippen LogP) is 3.43. The third-order valence-corrected chi connectivity index (χ3v) is 5.92. The summed E-state index contributed by atoms with van der Waals surface area (Å²) < 4.78 is 0. The number of hydrogen-bond acceptors (Lipinski definition) is 0. The van der Waals surface area contributed by atoms with Crippen molar-refractivity contribution >= 4 is 19.4 Å². The molecule has 74 valence electrons. The maximum absolute atomic E-state index is 2.43. The Bertz CT molecular complexity index is 310.